The molecule has 3 fully saturated rings. The zero-order valence-corrected chi connectivity index (χ0v) is 30.2. The summed E-state index contributed by atoms with van der Waals surface area (Å²) in [6.07, 6.45) is 5.30. The minimum absolute atomic E-state index is 0.0177. The largest absolute Gasteiger partial charge is 0.486 e. The Morgan fingerprint density at radius 3 is 2.23 bits per heavy atom. The fourth-order valence-electron chi connectivity index (χ4n) is 8.31. The van der Waals surface area contributed by atoms with Gasteiger partial charge in [-0.15, -0.1) is 0 Å². The van der Waals surface area contributed by atoms with Gasteiger partial charge >= 0.3 is 12.1 Å². The van der Waals surface area contributed by atoms with Crippen LogP contribution in [-0.4, -0.2) is 134 Å². The molecule has 3 saturated heterocycles. The highest BCUT2D eigenvalue weighted by Gasteiger charge is 2.36. The number of para-hydroxylation sites is 1. The molecule has 0 radical (unpaired) electrons. The standard InChI is InChI=1S/C39H53N5O8/c1-40-33-5-3-2-4-31(33)12-19-44(27-45)32-13-20-43(21-14-32)39(49)52-36(25-28-6-7-34-35(24-28)51-23-22-50-34)38(48)42-17-10-30(11-18-42)29-8-15-41(16-9-29)26-37(46)47/h2-7,24,27,29-30,32,36,40H,8-23,25-26H2,1H3,(H,46,47)/t36-/m1/s1. The minimum Gasteiger partial charge on any atom is -0.486 e. The van der Waals surface area contributed by atoms with Gasteiger partial charge in [0, 0.05) is 57.9 Å². The van der Waals surface area contributed by atoms with Gasteiger partial charge in [0.1, 0.15) is 13.2 Å². The average Bonchev–Trinajstić information content (AvgIpc) is 3.18. The number of anilines is 1. The van der Waals surface area contributed by atoms with E-state index in [0.717, 1.165) is 68.4 Å². The number of ether oxygens (including phenoxy) is 3. The van der Waals surface area contributed by atoms with E-state index in [1.165, 1.54) is 0 Å². The van der Waals surface area contributed by atoms with E-state index < -0.39 is 18.2 Å². The van der Waals surface area contributed by atoms with Crippen LogP contribution in [0.2, 0.25) is 0 Å². The molecule has 4 heterocycles. The zero-order chi connectivity index (χ0) is 36.5. The quantitative estimate of drug-likeness (QED) is 0.294. The molecule has 13 heteroatoms. The van der Waals surface area contributed by atoms with Gasteiger partial charge in [-0.3, -0.25) is 19.3 Å². The third-order valence-electron chi connectivity index (χ3n) is 11.3. The van der Waals surface area contributed by atoms with E-state index >= 15 is 0 Å². The van der Waals surface area contributed by atoms with Gasteiger partial charge in [0.25, 0.3) is 5.91 Å². The summed E-state index contributed by atoms with van der Waals surface area (Å²) in [5, 5.41) is 12.4. The summed E-state index contributed by atoms with van der Waals surface area (Å²) in [4.78, 5) is 58.3. The normalized spacial score (nSPS) is 19.5. The van der Waals surface area contributed by atoms with E-state index in [9.17, 15) is 19.2 Å². The van der Waals surface area contributed by atoms with E-state index in [0.29, 0.717) is 82.1 Å². The third-order valence-corrected chi connectivity index (χ3v) is 11.3. The van der Waals surface area contributed by atoms with Crippen molar-refractivity contribution in [1.29, 1.82) is 0 Å². The van der Waals surface area contributed by atoms with E-state index in [-0.39, 0.29) is 24.9 Å². The van der Waals surface area contributed by atoms with E-state index in [4.69, 9.17) is 19.3 Å². The van der Waals surface area contributed by atoms with Crippen LogP contribution in [0.4, 0.5) is 10.5 Å². The molecule has 2 aromatic carbocycles. The van der Waals surface area contributed by atoms with Crippen molar-refractivity contribution in [3.63, 3.8) is 0 Å². The molecule has 0 spiro atoms. The van der Waals surface area contributed by atoms with Crippen LogP contribution in [0.25, 0.3) is 0 Å². The molecule has 0 aliphatic carbocycles. The number of fused-ring (bicyclic) bond motifs is 1. The third kappa shape index (κ3) is 9.47. The first-order valence-corrected chi connectivity index (χ1v) is 18.8. The second-order valence-electron chi connectivity index (χ2n) is 14.4. The molecule has 0 aromatic heterocycles. The lowest BCUT2D eigenvalue weighted by Crippen LogP contribution is -2.50. The number of aliphatic carboxylic acids is 1. The summed E-state index contributed by atoms with van der Waals surface area (Å²) >= 11 is 0. The maximum Gasteiger partial charge on any atom is 0.410 e. The molecule has 282 valence electrons. The highest BCUT2D eigenvalue weighted by Crippen LogP contribution is 2.34. The van der Waals surface area contributed by atoms with Gasteiger partial charge in [-0.2, -0.15) is 0 Å². The van der Waals surface area contributed by atoms with Crippen LogP contribution in [0, 0.1) is 11.8 Å². The number of nitrogens with zero attached hydrogens (tertiary/aromatic N) is 4. The summed E-state index contributed by atoms with van der Waals surface area (Å²) in [7, 11) is 1.89. The van der Waals surface area contributed by atoms with Gasteiger partial charge in [0.05, 0.1) is 6.54 Å². The highest BCUT2D eigenvalue weighted by molar-refractivity contribution is 5.84. The van der Waals surface area contributed by atoms with Gasteiger partial charge in [-0.1, -0.05) is 24.3 Å². The minimum atomic E-state index is -0.998. The highest BCUT2D eigenvalue weighted by atomic mass is 16.6. The summed E-state index contributed by atoms with van der Waals surface area (Å²) in [5.74, 6) is 1.30. The molecule has 4 aliphatic rings. The number of likely N-dealkylation sites (tertiary alicyclic amines) is 3. The Bertz CT molecular complexity index is 1530. The van der Waals surface area contributed by atoms with Crippen molar-refractivity contribution in [3.05, 3.63) is 53.6 Å². The number of nitrogens with one attached hydrogen (secondary N) is 1. The van der Waals surface area contributed by atoms with E-state index in [1.54, 1.807) is 4.90 Å². The molecule has 13 nitrogen and oxygen atoms in total. The lowest BCUT2D eigenvalue weighted by Gasteiger charge is -2.40. The number of carbonyl (C=O) groups excluding carboxylic acids is 3. The van der Waals surface area contributed by atoms with Gasteiger partial charge in [0.15, 0.2) is 17.6 Å². The van der Waals surface area contributed by atoms with Crippen LogP contribution in [0.15, 0.2) is 42.5 Å². The summed E-state index contributed by atoms with van der Waals surface area (Å²) < 4.78 is 17.5. The van der Waals surface area contributed by atoms with E-state index in [1.807, 2.05) is 58.1 Å². The maximum absolute atomic E-state index is 14.1. The van der Waals surface area contributed by atoms with Crippen molar-refractivity contribution in [2.45, 2.75) is 63.5 Å². The fourth-order valence-corrected chi connectivity index (χ4v) is 8.31. The Morgan fingerprint density at radius 2 is 1.56 bits per heavy atom. The number of piperidine rings is 3. The van der Waals surface area contributed by atoms with Gasteiger partial charge in [-0.25, -0.2) is 4.79 Å². The molecule has 0 saturated carbocycles. The van der Waals surface area contributed by atoms with Gasteiger partial charge in [-0.05, 0) is 99.2 Å². The van der Waals surface area contributed by atoms with Crippen LogP contribution in [0.1, 0.15) is 49.7 Å². The molecule has 2 N–H and O–H groups in total. The number of amides is 3. The number of rotatable bonds is 13. The van der Waals surface area contributed by atoms with Crippen molar-refractivity contribution in [3.8, 4) is 11.5 Å². The lowest BCUT2D eigenvalue weighted by molar-refractivity contribution is -0.142. The van der Waals surface area contributed by atoms with Crippen LogP contribution < -0.4 is 14.8 Å². The maximum atomic E-state index is 14.1. The Hall–Kier alpha value is -4.52. The molecule has 4 aliphatic heterocycles. The first-order valence-electron chi connectivity index (χ1n) is 18.8. The summed E-state index contributed by atoms with van der Waals surface area (Å²) in [6, 6.07) is 13.7. The summed E-state index contributed by atoms with van der Waals surface area (Å²) in [5.41, 5.74) is 3.01. The molecule has 2 aromatic rings. The Labute approximate surface area is 306 Å². The zero-order valence-electron chi connectivity index (χ0n) is 30.2. The van der Waals surface area contributed by atoms with Gasteiger partial charge < -0.3 is 39.3 Å². The molecular formula is C39H53N5O8. The molecular weight excluding hydrogens is 666 g/mol. The molecule has 0 bridgehead atoms. The number of hydrogen-bond acceptors (Lipinski definition) is 9. The first-order chi connectivity index (χ1) is 25.3. The average molecular weight is 720 g/mol. The van der Waals surface area contributed by atoms with Crippen LogP contribution >= 0.6 is 0 Å². The van der Waals surface area contributed by atoms with Crippen molar-refractivity contribution >= 4 is 30.1 Å². The number of hydrogen-bond donors (Lipinski definition) is 2. The Balaban J connectivity index is 1.05. The molecule has 0 unspecified atom stereocenters. The van der Waals surface area contributed by atoms with E-state index in [2.05, 4.69) is 11.4 Å². The number of benzene rings is 2. The smallest absolute Gasteiger partial charge is 0.410 e. The number of carbonyl (C=O) groups is 4. The number of carboxylic acid groups (broad SMARTS) is 1. The van der Waals surface area contributed by atoms with Gasteiger partial charge in [0.2, 0.25) is 6.41 Å². The summed E-state index contributed by atoms with van der Waals surface area (Å²) in [6.45, 7) is 5.24. The SMILES string of the molecule is CNc1ccccc1CCN(C=O)C1CCN(C(=O)O[C@H](Cc2ccc3c(c2)OCCO3)C(=O)N2CCC(C3CCN(CC(=O)O)CC3)CC2)CC1. The molecule has 1 atom stereocenters. The molecule has 6 rings (SSSR count). The Kier molecular flexibility index (Phi) is 12.8. The van der Waals surface area contributed by atoms with Crippen LogP contribution in [-0.2, 0) is 32.0 Å². The predicted octanol–water partition coefficient (Wildman–Crippen LogP) is 3.75. The van der Waals surface area contributed by atoms with Crippen LogP contribution in [0.3, 0.4) is 0 Å². The first kappa shape index (κ1) is 37.2. The monoisotopic (exact) mass is 719 g/mol. The van der Waals surface area contributed by atoms with Crippen molar-refractivity contribution in [2.75, 3.05) is 77.9 Å². The Morgan fingerprint density at radius 1 is 0.904 bits per heavy atom. The molecule has 3 amide bonds. The van der Waals surface area contributed by atoms with Crippen molar-refractivity contribution in [1.82, 2.24) is 19.6 Å². The lowest BCUT2D eigenvalue weighted by atomic mass is 9.78. The van der Waals surface area contributed by atoms with Crippen LogP contribution in [0.5, 0.6) is 11.5 Å². The topological polar surface area (TPSA) is 141 Å². The fraction of sp³-hybridized carbons (Fsp3) is 0.590. The second-order valence-corrected chi connectivity index (χ2v) is 14.4. The van der Waals surface area contributed by atoms with Crippen molar-refractivity contribution < 1.29 is 38.5 Å². The molecule has 52 heavy (non-hydrogen) atoms. The predicted molar refractivity (Wildman–Crippen MR) is 195 cm³/mol. The van der Waals surface area contributed by atoms with Crippen molar-refractivity contribution in [2.24, 2.45) is 11.8 Å². The second kappa shape index (κ2) is 17.8. The number of carboxylic acids is 1.